The minimum Gasteiger partial charge on any atom is -0.482 e. The fraction of sp³-hybridized carbons (Fsp3) is 0.167. The van der Waals surface area contributed by atoms with Crippen LogP contribution in [0.3, 0.4) is 0 Å². The van der Waals surface area contributed by atoms with E-state index < -0.39 is 0 Å². The zero-order valence-electron chi connectivity index (χ0n) is 20.8. The molecular weight excluding hydrogens is 523 g/mol. The number of carbonyl (C=O) groups is 3. The van der Waals surface area contributed by atoms with Gasteiger partial charge < -0.3 is 9.64 Å². The number of carbonyl (C=O) groups excluding carboxylic acids is 3. The van der Waals surface area contributed by atoms with Gasteiger partial charge in [-0.15, -0.1) is 0 Å². The first-order valence-corrected chi connectivity index (χ1v) is 12.8. The van der Waals surface area contributed by atoms with E-state index in [0.29, 0.717) is 38.0 Å². The van der Waals surface area contributed by atoms with Crippen molar-refractivity contribution in [3.63, 3.8) is 0 Å². The molecule has 8 heteroatoms. The highest BCUT2D eigenvalue weighted by atomic mass is 35.5. The largest absolute Gasteiger partial charge is 0.482 e. The summed E-state index contributed by atoms with van der Waals surface area (Å²) in [7, 11) is 0. The molecule has 0 atom stereocenters. The van der Waals surface area contributed by atoms with Gasteiger partial charge in [0, 0.05) is 40.3 Å². The summed E-state index contributed by atoms with van der Waals surface area (Å²) < 4.78 is 5.71. The van der Waals surface area contributed by atoms with Gasteiger partial charge in [-0.1, -0.05) is 65.2 Å². The second kappa shape index (κ2) is 10.5. The van der Waals surface area contributed by atoms with Crippen LogP contribution in [-0.2, 0) is 4.79 Å². The van der Waals surface area contributed by atoms with E-state index in [2.05, 4.69) is 0 Å². The van der Waals surface area contributed by atoms with Gasteiger partial charge in [0.1, 0.15) is 5.75 Å². The summed E-state index contributed by atoms with van der Waals surface area (Å²) in [5.74, 6) is -0.772. The van der Waals surface area contributed by atoms with Gasteiger partial charge in [-0.25, -0.2) is 0 Å². The molecule has 3 amide bonds. The predicted octanol–water partition coefficient (Wildman–Crippen LogP) is 6.47. The number of benzene rings is 4. The molecule has 0 aromatic heterocycles. The lowest BCUT2D eigenvalue weighted by Crippen LogP contribution is -2.46. The van der Waals surface area contributed by atoms with Crippen LogP contribution in [0.15, 0.2) is 72.8 Å². The Labute approximate surface area is 230 Å². The normalized spacial score (nSPS) is 12.7. The number of rotatable bonds is 7. The van der Waals surface area contributed by atoms with Crippen molar-refractivity contribution in [3.05, 3.63) is 105 Å². The standard InChI is InChI=1S/C30H24Cl2N2O4/c1-18-9-11-25(19(2)15-18)33(27(35)17-38-26-12-10-21(31)16-24(26)32)13-14-34-29(36)22-7-3-5-20-6-4-8-23(28(20)22)30(34)37/h3-12,15-16H,13-14,17H2,1-2H3. The molecule has 0 radical (unpaired) electrons. The molecule has 1 aliphatic heterocycles. The maximum atomic E-state index is 13.5. The van der Waals surface area contributed by atoms with Crippen molar-refractivity contribution in [3.8, 4) is 5.75 Å². The van der Waals surface area contributed by atoms with Crippen molar-refractivity contribution < 1.29 is 19.1 Å². The molecule has 5 rings (SSSR count). The summed E-state index contributed by atoms with van der Waals surface area (Å²) in [6.45, 7) is 3.70. The van der Waals surface area contributed by atoms with Crippen LogP contribution in [-0.4, -0.2) is 42.3 Å². The lowest BCUT2D eigenvalue weighted by molar-refractivity contribution is -0.120. The van der Waals surface area contributed by atoms with Crippen LogP contribution in [0, 0.1) is 13.8 Å². The van der Waals surface area contributed by atoms with Crippen LogP contribution in [0.5, 0.6) is 5.75 Å². The minimum atomic E-state index is -0.378. The topological polar surface area (TPSA) is 66.9 Å². The number of halogens is 2. The Morgan fingerprint density at radius 1 is 0.895 bits per heavy atom. The summed E-state index contributed by atoms with van der Waals surface area (Å²) >= 11 is 12.2. The quantitative estimate of drug-likeness (QED) is 0.249. The summed E-state index contributed by atoms with van der Waals surface area (Å²) in [4.78, 5) is 43.0. The highest BCUT2D eigenvalue weighted by molar-refractivity contribution is 6.35. The molecule has 0 saturated carbocycles. The molecule has 0 spiro atoms. The van der Waals surface area contributed by atoms with Crippen molar-refractivity contribution in [2.45, 2.75) is 13.8 Å². The third kappa shape index (κ3) is 4.85. The second-order valence-electron chi connectivity index (χ2n) is 9.17. The average molecular weight is 547 g/mol. The van der Waals surface area contributed by atoms with E-state index in [0.717, 1.165) is 16.5 Å². The van der Waals surface area contributed by atoms with Crippen LogP contribution in [0.2, 0.25) is 10.0 Å². The van der Waals surface area contributed by atoms with Crippen molar-refractivity contribution in [1.29, 1.82) is 0 Å². The number of anilines is 1. The molecular formula is C30H24Cl2N2O4. The summed E-state index contributed by atoms with van der Waals surface area (Å²) in [5, 5.41) is 2.25. The second-order valence-corrected chi connectivity index (χ2v) is 10.0. The number of hydrogen-bond acceptors (Lipinski definition) is 4. The molecule has 0 unspecified atom stereocenters. The van der Waals surface area contributed by atoms with Gasteiger partial charge in [-0.2, -0.15) is 0 Å². The fourth-order valence-electron chi connectivity index (χ4n) is 4.78. The maximum absolute atomic E-state index is 13.5. The first-order chi connectivity index (χ1) is 18.2. The number of imide groups is 1. The van der Waals surface area contributed by atoms with Crippen molar-refractivity contribution in [2.75, 3.05) is 24.6 Å². The zero-order chi connectivity index (χ0) is 27.0. The molecule has 4 aromatic carbocycles. The Morgan fingerprint density at radius 3 is 2.21 bits per heavy atom. The Balaban J connectivity index is 1.41. The third-order valence-corrected chi connectivity index (χ3v) is 7.12. The Hall–Kier alpha value is -3.87. The van der Waals surface area contributed by atoms with Crippen LogP contribution < -0.4 is 9.64 Å². The molecule has 38 heavy (non-hydrogen) atoms. The van der Waals surface area contributed by atoms with E-state index in [1.54, 1.807) is 41.3 Å². The van der Waals surface area contributed by atoms with Crippen molar-refractivity contribution in [1.82, 2.24) is 4.90 Å². The molecule has 1 heterocycles. The smallest absolute Gasteiger partial charge is 0.264 e. The van der Waals surface area contributed by atoms with E-state index in [4.69, 9.17) is 27.9 Å². The SMILES string of the molecule is Cc1ccc(N(CCN2C(=O)c3cccc4cccc(c34)C2=O)C(=O)COc2ccc(Cl)cc2Cl)c(C)c1. The van der Waals surface area contributed by atoms with Gasteiger partial charge in [0.25, 0.3) is 17.7 Å². The first-order valence-electron chi connectivity index (χ1n) is 12.1. The molecule has 4 aromatic rings. The number of aryl methyl sites for hydroxylation is 2. The van der Waals surface area contributed by atoms with Crippen LogP contribution in [0.4, 0.5) is 5.69 Å². The van der Waals surface area contributed by atoms with Gasteiger partial charge in [0.15, 0.2) is 6.61 Å². The summed E-state index contributed by atoms with van der Waals surface area (Å²) in [6.07, 6.45) is 0. The van der Waals surface area contributed by atoms with Crippen LogP contribution >= 0.6 is 23.2 Å². The molecule has 1 aliphatic rings. The average Bonchev–Trinajstić information content (AvgIpc) is 2.89. The zero-order valence-corrected chi connectivity index (χ0v) is 22.3. The molecule has 0 saturated heterocycles. The van der Waals surface area contributed by atoms with Gasteiger partial charge in [-0.05, 0) is 61.2 Å². The molecule has 0 fully saturated rings. The third-order valence-electron chi connectivity index (χ3n) is 6.59. The predicted molar refractivity (Wildman–Crippen MR) is 150 cm³/mol. The Bertz CT molecular complexity index is 1550. The monoisotopic (exact) mass is 546 g/mol. The van der Waals surface area contributed by atoms with Gasteiger partial charge in [0.05, 0.1) is 5.02 Å². The fourth-order valence-corrected chi connectivity index (χ4v) is 5.24. The van der Waals surface area contributed by atoms with Crippen molar-refractivity contribution >= 4 is 57.4 Å². The number of hydrogen-bond donors (Lipinski definition) is 0. The number of nitrogens with zero attached hydrogens (tertiary/aromatic N) is 2. The lowest BCUT2D eigenvalue weighted by atomic mass is 9.94. The van der Waals surface area contributed by atoms with E-state index >= 15 is 0 Å². The van der Waals surface area contributed by atoms with E-state index in [1.807, 2.05) is 44.2 Å². The molecule has 0 N–H and O–H groups in total. The highest BCUT2D eigenvalue weighted by Gasteiger charge is 2.33. The lowest BCUT2D eigenvalue weighted by Gasteiger charge is -2.31. The molecule has 192 valence electrons. The first kappa shape index (κ1) is 25.8. The summed E-state index contributed by atoms with van der Waals surface area (Å²) in [5.41, 5.74) is 3.56. The number of ether oxygens (including phenoxy) is 1. The van der Waals surface area contributed by atoms with Gasteiger partial charge in [0.2, 0.25) is 0 Å². The van der Waals surface area contributed by atoms with E-state index in [9.17, 15) is 14.4 Å². The van der Waals surface area contributed by atoms with E-state index in [-0.39, 0.29) is 37.4 Å². The Morgan fingerprint density at radius 2 is 1.58 bits per heavy atom. The van der Waals surface area contributed by atoms with E-state index in [1.165, 1.54) is 11.0 Å². The van der Waals surface area contributed by atoms with Crippen molar-refractivity contribution in [2.24, 2.45) is 0 Å². The molecule has 0 aliphatic carbocycles. The molecule has 0 bridgehead atoms. The maximum Gasteiger partial charge on any atom is 0.264 e. The van der Waals surface area contributed by atoms with Gasteiger partial charge in [-0.3, -0.25) is 19.3 Å². The van der Waals surface area contributed by atoms with Gasteiger partial charge >= 0.3 is 0 Å². The summed E-state index contributed by atoms with van der Waals surface area (Å²) in [6, 6.07) is 21.3. The highest BCUT2D eigenvalue weighted by Crippen LogP contribution is 2.31. The molecule has 6 nitrogen and oxygen atoms in total. The van der Waals surface area contributed by atoms with Crippen LogP contribution in [0.25, 0.3) is 10.8 Å². The Kier molecular flexibility index (Phi) is 7.11. The number of amides is 3. The minimum absolute atomic E-state index is 0.0170. The van der Waals surface area contributed by atoms with Crippen LogP contribution in [0.1, 0.15) is 31.8 Å².